The number of carbonyl (C=O) groups is 1. The van der Waals surface area contributed by atoms with E-state index in [1.807, 2.05) is 6.92 Å². The second-order valence-electron chi connectivity index (χ2n) is 5.55. The van der Waals surface area contributed by atoms with E-state index in [-0.39, 0.29) is 18.5 Å². The predicted octanol–water partition coefficient (Wildman–Crippen LogP) is 3.58. The monoisotopic (exact) mass is 338 g/mol. The number of benzene rings is 2. The fourth-order valence-electron chi connectivity index (χ4n) is 3.02. The number of hydrogen-bond donors (Lipinski definition) is 1. The third-order valence-corrected chi connectivity index (χ3v) is 3.98. The summed E-state index contributed by atoms with van der Waals surface area (Å²) in [7, 11) is 0. The first-order valence-electron chi connectivity index (χ1n) is 7.69. The molecule has 0 spiro atoms. The third-order valence-electron chi connectivity index (χ3n) is 3.98. The van der Waals surface area contributed by atoms with E-state index in [2.05, 4.69) is 5.43 Å². The maximum absolute atomic E-state index is 13.7. The lowest BCUT2D eigenvalue weighted by Crippen LogP contribution is -2.43. The fraction of sp³-hybridized carbons (Fsp3) is 0.353. The molecule has 2 aromatic carbocycles. The molecule has 1 unspecified atom stereocenters. The molecule has 128 valence electrons. The molecular formula is C17H17F3N2O2. The number of ether oxygens (including phenoxy) is 1. The molecule has 1 N–H and O–H groups in total. The van der Waals surface area contributed by atoms with Gasteiger partial charge in [-0.3, -0.25) is 10.2 Å². The highest BCUT2D eigenvalue weighted by Gasteiger charge is 2.47. The first kappa shape index (κ1) is 16.6. The number of alkyl halides is 3. The average molecular weight is 338 g/mol. The molecule has 4 nitrogen and oxygen atoms in total. The van der Waals surface area contributed by atoms with Crippen molar-refractivity contribution in [3.05, 3.63) is 42.0 Å². The summed E-state index contributed by atoms with van der Waals surface area (Å²) in [5.41, 5.74) is 2.41. The molecule has 3 rings (SSSR count). The minimum Gasteiger partial charge on any atom is -0.493 e. The van der Waals surface area contributed by atoms with Crippen LogP contribution in [0.4, 0.5) is 13.2 Å². The van der Waals surface area contributed by atoms with E-state index in [1.54, 1.807) is 30.3 Å². The van der Waals surface area contributed by atoms with Gasteiger partial charge in [-0.2, -0.15) is 13.2 Å². The lowest BCUT2D eigenvalue weighted by molar-refractivity contribution is -0.190. The Bertz CT molecular complexity index is 761. The first-order valence-corrected chi connectivity index (χ1v) is 7.69. The number of hydrogen-bond acceptors (Lipinski definition) is 3. The van der Waals surface area contributed by atoms with Crippen molar-refractivity contribution in [1.29, 1.82) is 0 Å². The van der Waals surface area contributed by atoms with Gasteiger partial charge in [-0.25, -0.2) is 5.01 Å². The number of nitrogens with one attached hydrogen (secondary N) is 1. The topological polar surface area (TPSA) is 41.6 Å². The average Bonchev–Trinajstić information content (AvgIpc) is 2.94. The van der Waals surface area contributed by atoms with Gasteiger partial charge in [0.25, 0.3) is 0 Å². The van der Waals surface area contributed by atoms with Crippen LogP contribution in [0.3, 0.4) is 0 Å². The Morgan fingerprint density at radius 1 is 1.21 bits per heavy atom. The number of rotatable bonds is 4. The SMILES string of the molecule is CCOc1ccc(C(N2CCC(=O)N2)C(F)(F)F)c2ccccc12. The molecule has 0 aliphatic carbocycles. The third kappa shape index (κ3) is 3.03. The van der Waals surface area contributed by atoms with Gasteiger partial charge in [0, 0.05) is 18.4 Å². The molecule has 0 radical (unpaired) electrons. The van der Waals surface area contributed by atoms with Crippen molar-refractivity contribution in [1.82, 2.24) is 10.4 Å². The van der Waals surface area contributed by atoms with Gasteiger partial charge >= 0.3 is 6.18 Å². The Labute approximate surface area is 137 Å². The zero-order chi connectivity index (χ0) is 17.3. The van der Waals surface area contributed by atoms with Crippen molar-refractivity contribution in [3.63, 3.8) is 0 Å². The minimum atomic E-state index is -4.52. The van der Waals surface area contributed by atoms with Gasteiger partial charge in [-0.1, -0.05) is 30.3 Å². The van der Waals surface area contributed by atoms with Gasteiger partial charge in [0.2, 0.25) is 5.91 Å². The fourth-order valence-corrected chi connectivity index (χ4v) is 3.02. The van der Waals surface area contributed by atoms with Gasteiger partial charge < -0.3 is 4.74 Å². The summed E-state index contributed by atoms with van der Waals surface area (Å²) in [5, 5.41) is 2.05. The van der Waals surface area contributed by atoms with Crippen LogP contribution >= 0.6 is 0 Å². The molecule has 1 aliphatic heterocycles. The molecule has 1 fully saturated rings. The van der Waals surface area contributed by atoms with Crippen LogP contribution in [0.15, 0.2) is 36.4 Å². The number of carbonyl (C=O) groups excluding carboxylic acids is 1. The molecular weight excluding hydrogens is 321 g/mol. The first-order chi connectivity index (χ1) is 11.4. The smallest absolute Gasteiger partial charge is 0.409 e. The Balaban J connectivity index is 2.15. The van der Waals surface area contributed by atoms with Gasteiger partial charge in [-0.15, -0.1) is 0 Å². The number of fused-ring (bicyclic) bond motifs is 1. The van der Waals surface area contributed by atoms with Crippen LogP contribution in [0, 0.1) is 0 Å². The van der Waals surface area contributed by atoms with Gasteiger partial charge in [0.15, 0.2) is 6.04 Å². The van der Waals surface area contributed by atoms with E-state index in [4.69, 9.17) is 4.74 Å². The molecule has 1 aliphatic rings. The zero-order valence-electron chi connectivity index (χ0n) is 13.1. The van der Waals surface area contributed by atoms with E-state index >= 15 is 0 Å². The summed E-state index contributed by atoms with van der Waals surface area (Å²) in [4.78, 5) is 11.4. The summed E-state index contributed by atoms with van der Waals surface area (Å²) in [6, 6.07) is 7.91. The maximum Gasteiger partial charge on any atom is 0.409 e. The molecule has 1 amide bonds. The van der Waals surface area contributed by atoms with Crippen molar-refractivity contribution in [3.8, 4) is 5.75 Å². The molecule has 0 bridgehead atoms. The van der Waals surface area contributed by atoms with Crippen molar-refractivity contribution < 1.29 is 22.7 Å². The molecule has 2 aromatic rings. The van der Waals surface area contributed by atoms with Gasteiger partial charge in [-0.05, 0) is 23.9 Å². The molecule has 24 heavy (non-hydrogen) atoms. The lowest BCUT2D eigenvalue weighted by atomic mass is 9.97. The Morgan fingerprint density at radius 3 is 2.50 bits per heavy atom. The van der Waals surface area contributed by atoms with Crippen LogP contribution in [0.2, 0.25) is 0 Å². The van der Waals surface area contributed by atoms with Crippen molar-refractivity contribution >= 4 is 16.7 Å². The van der Waals surface area contributed by atoms with Crippen LogP contribution < -0.4 is 10.2 Å². The van der Waals surface area contributed by atoms with E-state index in [9.17, 15) is 18.0 Å². The lowest BCUT2D eigenvalue weighted by Gasteiger charge is -2.30. The van der Waals surface area contributed by atoms with E-state index < -0.39 is 18.1 Å². The second kappa shape index (κ2) is 6.32. The van der Waals surface area contributed by atoms with Crippen LogP contribution in [-0.2, 0) is 4.79 Å². The standard InChI is InChI=1S/C17H17F3N2O2/c1-2-24-14-8-7-13(11-5-3-4-6-12(11)14)16(17(18,19)20)22-10-9-15(23)21-22/h3-8,16H,2,9-10H2,1H3,(H,21,23). The zero-order valence-corrected chi connectivity index (χ0v) is 13.1. The highest BCUT2D eigenvalue weighted by atomic mass is 19.4. The van der Waals surface area contributed by atoms with Crippen LogP contribution in [0.25, 0.3) is 10.8 Å². The highest BCUT2D eigenvalue weighted by Crippen LogP contribution is 2.42. The Kier molecular flexibility index (Phi) is 4.36. The Morgan fingerprint density at radius 2 is 1.92 bits per heavy atom. The quantitative estimate of drug-likeness (QED) is 0.926. The minimum absolute atomic E-state index is 0.0184. The van der Waals surface area contributed by atoms with Crippen molar-refractivity contribution in [2.75, 3.05) is 13.2 Å². The van der Waals surface area contributed by atoms with Crippen molar-refractivity contribution in [2.24, 2.45) is 0 Å². The summed E-state index contributed by atoms with van der Waals surface area (Å²) < 4.78 is 46.7. The molecule has 1 saturated heterocycles. The summed E-state index contributed by atoms with van der Waals surface area (Å²) in [6.45, 7) is 2.26. The second-order valence-corrected chi connectivity index (χ2v) is 5.55. The molecule has 1 heterocycles. The largest absolute Gasteiger partial charge is 0.493 e. The van der Waals surface area contributed by atoms with E-state index in [0.717, 1.165) is 5.01 Å². The number of hydrazine groups is 1. The predicted molar refractivity (Wildman–Crippen MR) is 83.4 cm³/mol. The number of nitrogens with zero attached hydrogens (tertiary/aromatic N) is 1. The van der Waals surface area contributed by atoms with Crippen molar-refractivity contribution in [2.45, 2.75) is 25.6 Å². The van der Waals surface area contributed by atoms with Crippen LogP contribution in [-0.4, -0.2) is 30.2 Å². The number of amides is 1. The van der Waals surface area contributed by atoms with Crippen LogP contribution in [0.5, 0.6) is 5.75 Å². The molecule has 0 aromatic heterocycles. The maximum atomic E-state index is 13.7. The van der Waals surface area contributed by atoms with Gasteiger partial charge in [0.05, 0.1) is 6.61 Å². The highest BCUT2D eigenvalue weighted by molar-refractivity contribution is 5.91. The Hall–Kier alpha value is -2.28. The van der Waals surface area contributed by atoms with Gasteiger partial charge in [0.1, 0.15) is 5.75 Å². The normalized spacial score (nSPS) is 17.1. The summed E-state index contributed by atoms with van der Waals surface area (Å²) in [5.74, 6) is 0.141. The molecule has 0 saturated carbocycles. The van der Waals surface area contributed by atoms with Crippen LogP contribution in [0.1, 0.15) is 24.9 Å². The number of halogens is 3. The van der Waals surface area contributed by atoms with E-state index in [0.29, 0.717) is 23.1 Å². The molecule has 7 heteroatoms. The molecule has 1 atom stereocenters. The van der Waals surface area contributed by atoms with E-state index in [1.165, 1.54) is 6.07 Å². The summed E-state index contributed by atoms with van der Waals surface area (Å²) >= 11 is 0. The summed E-state index contributed by atoms with van der Waals surface area (Å²) in [6.07, 6.45) is -4.46.